The van der Waals surface area contributed by atoms with Crippen molar-refractivity contribution in [1.29, 1.82) is 0 Å². The first-order valence-corrected chi connectivity index (χ1v) is 8.82. The predicted octanol–water partition coefficient (Wildman–Crippen LogP) is 0.740. The van der Waals surface area contributed by atoms with Gasteiger partial charge >= 0.3 is 0 Å². The van der Waals surface area contributed by atoms with Crippen LogP contribution in [0.25, 0.3) is 0 Å². The van der Waals surface area contributed by atoms with Crippen molar-refractivity contribution in [2.45, 2.75) is 29.8 Å². The van der Waals surface area contributed by atoms with Gasteiger partial charge in [0.1, 0.15) is 12.1 Å². The maximum absolute atomic E-state index is 13.1. The quantitative estimate of drug-likeness (QED) is 0.762. The van der Waals surface area contributed by atoms with E-state index in [1.165, 1.54) is 11.8 Å². The number of thioether (sulfide) groups is 1. The number of hydrogen-bond donors (Lipinski definition) is 1. The molecular formula is C16H15N3O3S. The van der Waals surface area contributed by atoms with Gasteiger partial charge in [-0.25, -0.2) is 0 Å². The fourth-order valence-electron chi connectivity index (χ4n) is 4.29. The molecule has 0 bridgehead atoms. The lowest BCUT2D eigenvalue weighted by Crippen LogP contribution is -2.66. The van der Waals surface area contributed by atoms with Gasteiger partial charge in [-0.2, -0.15) is 0 Å². The second-order valence-electron chi connectivity index (χ2n) is 6.37. The van der Waals surface area contributed by atoms with Crippen LogP contribution >= 0.6 is 11.8 Å². The van der Waals surface area contributed by atoms with Gasteiger partial charge in [0, 0.05) is 23.5 Å². The summed E-state index contributed by atoms with van der Waals surface area (Å²) in [7, 11) is 0. The summed E-state index contributed by atoms with van der Waals surface area (Å²) in [5.74, 6) is 0.173. The minimum absolute atomic E-state index is 0.00587. The van der Waals surface area contributed by atoms with Crippen LogP contribution in [0.2, 0.25) is 0 Å². The van der Waals surface area contributed by atoms with E-state index in [0.717, 1.165) is 17.7 Å². The normalized spacial score (nSPS) is 34.7. The molecule has 6 nitrogen and oxygen atoms in total. The van der Waals surface area contributed by atoms with Crippen LogP contribution in [0, 0.1) is 0 Å². The number of nitrogens with zero attached hydrogens (tertiary/aromatic N) is 2. The number of rotatable bonds is 0. The molecule has 0 unspecified atom stereocenters. The lowest BCUT2D eigenvalue weighted by molar-refractivity contribution is -0.162. The van der Waals surface area contributed by atoms with E-state index in [1.54, 1.807) is 9.80 Å². The van der Waals surface area contributed by atoms with Gasteiger partial charge in [0.2, 0.25) is 11.8 Å². The van der Waals surface area contributed by atoms with Gasteiger partial charge in [0.25, 0.3) is 5.91 Å². The van der Waals surface area contributed by atoms with E-state index in [0.29, 0.717) is 18.7 Å². The minimum atomic E-state index is -1.08. The number of piperazine rings is 1. The van der Waals surface area contributed by atoms with Gasteiger partial charge in [-0.15, -0.1) is 11.8 Å². The Morgan fingerprint density at radius 2 is 1.96 bits per heavy atom. The van der Waals surface area contributed by atoms with Crippen LogP contribution in [0.15, 0.2) is 24.3 Å². The third-order valence-electron chi connectivity index (χ3n) is 5.29. The Morgan fingerprint density at radius 1 is 1.13 bits per heavy atom. The van der Waals surface area contributed by atoms with Gasteiger partial charge in [0.05, 0.1) is 0 Å². The second-order valence-corrected chi connectivity index (χ2v) is 7.58. The van der Waals surface area contributed by atoms with Crippen molar-refractivity contribution in [3.05, 3.63) is 29.8 Å². The molecule has 0 aromatic heterocycles. The molecule has 118 valence electrons. The monoisotopic (exact) mass is 329 g/mol. The highest BCUT2D eigenvalue weighted by molar-refractivity contribution is 8.01. The third kappa shape index (κ3) is 1.44. The molecule has 0 saturated carbocycles. The first kappa shape index (κ1) is 13.4. The number of para-hydroxylation sites is 1. The van der Waals surface area contributed by atoms with E-state index in [2.05, 4.69) is 5.32 Å². The van der Waals surface area contributed by atoms with Gasteiger partial charge in [-0.1, -0.05) is 18.2 Å². The van der Waals surface area contributed by atoms with Crippen molar-refractivity contribution < 1.29 is 14.4 Å². The summed E-state index contributed by atoms with van der Waals surface area (Å²) >= 11 is 1.40. The summed E-state index contributed by atoms with van der Waals surface area (Å²) in [6, 6.07) is 6.52. The molecule has 5 rings (SSSR count). The first-order chi connectivity index (χ1) is 11.1. The van der Waals surface area contributed by atoms with Crippen LogP contribution in [-0.2, 0) is 19.3 Å². The fourth-order valence-corrected chi connectivity index (χ4v) is 5.85. The van der Waals surface area contributed by atoms with Crippen molar-refractivity contribution in [3.63, 3.8) is 0 Å². The Bertz CT molecular complexity index is 767. The molecular weight excluding hydrogens is 314 g/mol. The van der Waals surface area contributed by atoms with Crippen LogP contribution in [0.1, 0.15) is 18.4 Å². The zero-order chi connectivity index (χ0) is 15.8. The summed E-state index contributed by atoms with van der Waals surface area (Å²) in [4.78, 5) is 40.9. The number of hydrogen-bond acceptors (Lipinski definition) is 4. The smallest absolute Gasteiger partial charge is 0.265 e. The number of fused-ring (bicyclic) bond motifs is 5. The number of amides is 3. The Labute approximate surface area is 137 Å². The summed E-state index contributed by atoms with van der Waals surface area (Å²) < 4.78 is 0. The van der Waals surface area contributed by atoms with Crippen LogP contribution in [0.5, 0.6) is 0 Å². The molecule has 1 N–H and O–H groups in total. The average molecular weight is 329 g/mol. The first-order valence-electron chi connectivity index (χ1n) is 7.83. The standard InChI is InChI=1S/C16H15N3O3S/c20-13-12-8-23-16(9-4-1-2-5-10(9)17-15(16)22)19(12)14(21)11-6-3-7-18(11)13/h1-2,4-5,11-12H,3,6-8H2,(H,17,22)/t11-,12-,16+/m0/s1. The Morgan fingerprint density at radius 3 is 2.83 bits per heavy atom. The van der Waals surface area contributed by atoms with Crippen LogP contribution in [0.3, 0.4) is 0 Å². The maximum atomic E-state index is 13.1. The van der Waals surface area contributed by atoms with E-state index >= 15 is 0 Å². The number of nitrogens with one attached hydrogen (secondary N) is 1. The molecule has 3 saturated heterocycles. The number of carbonyl (C=O) groups excluding carboxylic acids is 3. The van der Waals surface area contributed by atoms with Crippen LogP contribution < -0.4 is 5.32 Å². The molecule has 7 heteroatoms. The molecule has 0 aliphatic carbocycles. The molecule has 1 aromatic rings. The van der Waals surface area contributed by atoms with Gasteiger partial charge in [-0.05, 0) is 18.9 Å². The summed E-state index contributed by atoms with van der Waals surface area (Å²) in [5.41, 5.74) is 1.53. The van der Waals surface area contributed by atoms with Crippen LogP contribution in [0.4, 0.5) is 5.69 Å². The zero-order valence-electron chi connectivity index (χ0n) is 12.3. The van der Waals surface area contributed by atoms with Gasteiger partial charge in [0.15, 0.2) is 4.87 Å². The molecule has 3 amide bonds. The van der Waals surface area contributed by atoms with Crippen LogP contribution in [-0.4, -0.2) is 51.9 Å². The zero-order valence-corrected chi connectivity index (χ0v) is 13.1. The molecule has 4 aliphatic rings. The van der Waals surface area contributed by atoms with Crippen molar-refractivity contribution in [3.8, 4) is 0 Å². The third-order valence-corrected chi connectivity index (χ3v) is 6.79. The average Bonchev–Trinajstić information content (AvgIpc) is 3.24. The molecule has 4 aliphatic heterocycles. The lowest BCUT2D eigenvalue weighted by Gasteiger charge is -2.43. The topological polar surface area (TPSA) is 69.7 Å². The van der Waals surface area contributed by atoms with Crippen molar-refractivity contribution >= 4 is 35.2 Å². The van der Waals surface area contributed by atoms with E-state index < -0.39 is 17.0 Å². The molecule has 1 spiro atoms. The molecule has 0 radical (unpaired) electrons. The molecule has 4 heterocycles. The molecule has 3 fully saturated rings. The van der Waals surface area contributed by atoms with Crippen molar-refractivity contribution in [2.24, 2.45) is 0 Å². The maximum Gasteiger partial charge on any atom is 0.265 e. The van der Waals surface area contributed by atoms with E-state index in [1.807, 2.05) is 24.3 Å². The molecule has 1 aromatic carbocycles. The highest BCUT2D eigenvalue weighted by Gasteiger charge is 2.65. The van der Waals surface area contributed by atoms with E-state index in [-0.39, 0.29) is 17.7 Å². The van der Waals surface area contributed by atoms with Crippen molar-refractivity contribution in [1.82, 2.24) is 9.80 Å². The lowest BCUT2D eigenvalue weighted by atomic mass is 9.99. The summed E-state index contributed by atoms with van der Waals surface area (Å²) in [6.45, 7) is 0.653. The minimum Gasteiger partial charge on any atom is -0.329 e. The fraction of sp³-hybridized carbons (Fsp3) is 0.438. The summed E-state index contributed by atoms with van der Waals surface area (Å²) in [6.07, 6.45) is 1.55. The Kier molecular flexibility index (Phi) is 2.50. The van der Waals surface area contributed by atoms with E-state index in [4.69, 9.17) is 0 Å². The molecule has 3 atom stereocenters. The Hall–Kier alpha value is -2.02. The number of carbonyl (C=O) groups is 3. The molecule has 23 heavy (non-hydrogen) atoms. The van der Waals surface area contributed by atoms with Crippen molar-refractivity contribution in [2.75, 3.05) is 17.6 Å². The highest BCUT2D eigenvalue weighted by atomic mass is 32.2. The van der Waals surface area contributed by atoms with Gasteiger partial charge in [-0.3, -0.25) is 14.4 Å². The second kappa shape index (κ2) is 4.29. The van der Waals surface area contributed by atoms with E-state index in [9.17, 15) is 14.4 Å². The number of benzene rings is 1. The number of anilines is 1. The largest absolute Gasteiger partial charge is 0.329 e. The Balaban J connectivity index is 1.68. The SMILES string of the molecule is O=C1[C@@H]2CS[C@]3(C(=O)Nc4ccccc43)N2C(=O)[C@@H]2CCCN12. The summed E-state index contributed by atoms with van der Waals surface area (Å²) in [5, 5.41) is 2.88. The van der Waals surface area contributed by atoms with Gasteiger partial charge < -0.3 is 15.1 Å². The predicted molar refractivity (Wildman–Crippen MR) is 84.6 cm³/mol. The highest BCUT2D eigenvalue weighted by Crippen LogP contribution is 2.55.